The van der Waals surface area contributed by atoms with Crippen LogP contribution >= 0.6 is 11.6 Å². The summed E-state index contributed by atoms with van der Waals surface area (Å²) in [7, 11) is 0. The number of amides is 1. The van der Waals surface area contributed by atoms with Crippen molar-refractivity contribution < 1.29 is 9.59 Å². The van der Waals surface area contributed by atoms with Gasteiger partial charge < -0.3 is 5.32 Å². The molecule has 0 aromatic heterocycles. The SMILES string of the molecule is CCC(=O)N1c2ccccc2NC2=C(C(=O)CC(c3ccc(Cl)cc3)C2)C1c1ccc(C)cc1. The van der Waals surface area contributed by atoms with Crippen LogP contribution in [0, 0.1) is 6.92 Å². The van der Waals surface area contributed by atoms with Crippen molar-refractivity contribution in [3.05, 3.63) is 106 Å². The Bertz CT molecular complexity index is 1280. The number of carbonyl (C=O) groups is 2. The third-order valence-corrected chi connectivity index (χ3v) is 7.05. The van der Waals surface area contributed by atoms with Crippen LogP contribution in [-0.2, 0) is 9.59 Å². The maximum atomic E-state index is 13.8. The molecule has 172 valence electrons. The molecule has 34 heavy (non-hydrogen) atoms. The molecular weight excluding hydrogens is 444 g/mol. The number of hydrogen-bond donors (Lipinski definition) is 1. The summed E-state index contributed by atoms with van der Waals surface area (Å²) in [5.41, 5.74) is 6.39. The monoisotopic (exact) mass is 470 g/mol. The number of nitrogens with zero attached hydrogens (tertiary/aromatic N) is 1. The molecule has 3 aromatic rings. The minimum absolute atomic E-state index is 0.0128. The van der Waals surface area contributed by atoms with Crippen LogP contribution in [0.25, 0.3) is 0 Å². The number of fused-ring (bicyclic) bond motifs is 1. The molecule has 2 aliphatic rings. The summed E-state index contributed by atoms with van der Waals surface area (Å²) in [6, 6.07) is 23.2. The maximum Gasteiger partial charge on any atom is 0.227 e. The lowest BCUT2D eigenvalue weighted by atomic mass is 9.78. The van der Waals surface area contributed by atoms with Gasteiger partial charge in [0.15, 0.2) is 5.78 Å². The van der Waals surface area contributed by atoms with Gasteiger partial charge in [-0.2, -0.15) is 0 Å². The number of ketones is 1. The van der Waals surface area contributed by atoms with Crippen molar-refractivity contribution in [3.63, 3.8) is 0 Å². The Hall–Kier alpha value is -3.37. The number of benzene rings is 3. The van der Waals surface area contributed by atoms with E-state index in [1.54, 1.807) is 0 Å². The number of rotatable bonds is 3. The summed E-state index contributed by atoms with van der Waals surface area (Å²) >= 11 is 6.10. The van der Waals surface area contributed by atoms with Gasteiger partial charge in [0.05, 0.1) is 17.4 Å². The minimum Gasteiger partial charge on any atom is -0.357 e. The number of aryl methyl sites for hydroxylation is 1. The topological polar surface area (TPSA) is 49.4 Å². The molecule has 5 rings (SSSR count). The van der Waals surface area contributed by atoms with Crippen molar-refractivity contribution in [3.8, 4) is 0 Å². The van der Waals surface area contributed by atoms with Gasteiger partial charge in [-0.1, -0.05) is 72.6 Å². The highest BCUT2D eigenvalue weighted by atomic mass is 35.5. The molecule has 1 aliphatic heterocycles. The van der Waals surface area contributed by atoms with Crippen LogP contribution in [0.15, 0.2) is 84.1 Å². The van der Waals surface area contributed by atoms with Crippen LogP contribution in [0.1, 0.15) is 54.8 Å². The average molecular weight is 471 g/mol. The summed E-state index contributed by atoms with van der Waals surface area (Å²) in [4.78, 5) is 29.0. The van der Waals surface area contributed by atoms with Crippen molar-refractivity contribution in [2.75, 3.05) is 10.2 Å². The lowest BCUT2D eigenvalue weighted by Crippen LogP contribution is -2.38. The molecule has 5 heteroatoms. The van der Waals surface area contributed by atoms with Crippen LogP contribution in [-0.4, -0.2) is 11.7 Å². The molecular formula is C29H27ClN2O2. The molecule has 0 bridgehead atoms. The third-order valence-electron chi connectivity index (χ3n) is 6.79. The quantitative estimate of drug-likeness (QED) is 0.450. The predicted octanol–water partition coefficient (Wildman–Crippen LogP) is 6.96. The molecule has 3 aromatic carbocycles. The summed E-state index contributed by atoms with van der Waals surface area (Å²) in [5.74, 6) is 0.109. The smallest absolute Gasteiger partial charge is 0.227 e. The molecule has 0 saturated carbocycles. The number of allylic oxidation sites excluding steroid dienone is 1. The summed E-state index contributed by atoms with van der Waals surface area (Å²) in [6.07, 6.45) is 1.43. The van der Waals surface area contributed by atoms with Crippen LogP contribution < -0.4 is 10.2 Å². The molecule has 1 aliphatic carbocycles. The zero-order chi connectivity index (χ0) is 23.8. The van der Waals surface area contributed by atoms with Gasteiger partial charge in [-0.25, -0.2) is 0 Å². The second kappa shape index (κ2) is 9.11. The van der Waals surface area contributed by atoms with E-state index in [1.165, 1.54) is 0 Å². The molecule has 0 radical (unpaired) electrons. The van der Waals surface area contributed by atoms with Gasteiger partial charge in [-0.15, -0.1) is 0 Å². The third kappa shape index (κ3) is 4.03. The number of nitrogens with one attached hydrogen (secondary N) is 1. The Morgan fingerprint density at radius 1 is 0.971 bits per heavy atom. The highest BCUT2D eigenvalue weighted by molar-refractivity contribution is 6.30. The van der Waals surface area contributed by atoms with Crippen LogP contribution in [0.2, 0.25) is 5.02 Å². The predicted molar refractivity (Wildman–Crippen MR) is 137 cm³/mol. The summed E-state index contributed by atoms with van der Waals surface area (Å²) in [6.45, 7) is 3.90. The van der Waals surface area contributed by atoms with Crippen molar-refractivity contribution in [1.29, 1.82) is 0 Å². The molecule has 1 amide bonds. The van der Waals surface area contributed by atoms with E-state index in [4.69, 9.17) is 11.6 Å². The lowest BCUT2D eigenvalue weighted by Gasteiger charge is -2.35. The van der Waals surface area contributed by atoms with Crippen molar-refractivity contribution in [1.82, 2.24) is 0 Å². The van der Waals surface area contributed by atoms with Gasteiger partial charge in [0.1, 0.15) is 0 Å². The van der Waals surface area contributed by atoms with E-state index in [2.05, 4.69) is 5.32 Å². The minimum atomic E-state index is -0.474. The maximum absolute atomic E-state index is 13.8. The zero-order valence-electron chi connectivity index (χ0n) is 19.3. The second-order valence-electron chi connectivity index (χ2n) is 9.04. The lowest BCUT2D eigenvalue weighted by molar-refractivity contribution is -0.119. The van der Waals surface area contributed by atoms with Gasteiger partial charge in [-0.05, 0) is 54.7 Å². The van der Waals surface area contributed by atoms with Crippen LogP contribution in [0.4, 0.5) is 11.4 Å². The largest absolute Gasteiger partial charge is 0.357 e. The van der Waals surface area contributed by atoms with Crippen LogP contribution in [0.3, 0.4) is 0 Å². The first kappa shape index (κ1) is 22.4. The fourth-order valence-electron chi connectivity index (χ4n) is 5.07. The van der Waals surface area contributed by atoms with Gasteiger partial charge in [0.2, 0.25) is 5.91 Å². The number of anilines is 2. The van der Waals surface area contributed by atoms with Crippen molar-refractivity contribution >= 4 is 34.7 Å². The van der Waals surface area contributed by atoms with E-state index < -0.39 is 6.04 Å². The van der Waals surface area contributed by atoms with E-state index in [9.17, 15) is 9.59 Å². The van der Waals surface area contributed by atoms with E-state index in [1.807, 2.05) is 91.5 Å². The molecule has 0 fully saturated rings. The van der Waals surface area contributed by atoms with E-state index in [-0.39, 0.29) is 17.6 Å². The summed E-state index contributed by atoms with van der Waals surface area (Å²) in [5, 5.41) is 4.24. The Labute approximate surface area is 205 Å². The standard InChI is InChI=1S/C29H27ClN2O2/c1-3-27(34)32-25-7-5-4-6-23(25)31-24-16-21(19-12-14-22(30)15-13-19)17-26(33)28(24)29(32)20-10-8-18(2)9-11-20/h4-15,21,29,31H,3,16-17H2,1-2H3. The van der Waals surface area contributed by atoms with Gasteiger partial charge in [0, 0.05) is 29.1 Å². The second-order valence-corrected chi connectivity index (χ2v) is 9.48. The van der Waals surface area contributed by atoms with Crippen molar-refractivity contribution in [2.24, 2.45) is 0 Å². The normalized spacial score (nSPS) is 19.7. The fourth-order valence-corrected chi connectivity index (χ4v) is 5.20. The Morgan fingerprint density at radius 3 is 2.35 bits per heavy atom. The van der Waals surface area contributed by atoms with Gasteiger partial charge in [-0.3, -0.25) is 14.5 Å². The Morgan fingerprint density at radius 2 is 1.65 bits per heavy atom. The average Bonchev–Trinajstić information content (AvgIpc) is 2.99. The molecule has 2 unspecified atom stereocenters. The van der Waals surface area contributed by atoms with E-state index in [0.717, 1.165) is 33.8 Å². The molecule has 0 saturated heterocycles. The van der Waals surface area contributed by atoms with Crippen molar-refractivity contribution in [2.45, 2.75) is 45.1 Å². The van der Waals surface area contributed by atoms with Crippen LogP contribution in [0.5, 0.6) is 0 Å². The Kier molecular flexibility index (Phi) is 6.01. The molecule has 0 spiro atoms. The number of para-hydroxylation sites is 2. The van der Waals surface area contributed by atoms with E-state index >= 15 is 0 Å². The molecule has 1 heterocycles. The summed E-state index contributed by atoms with van der Waals surface area (Å²) < 4.78 is 0. The first-order chi connectivity index (χ1) is 16.5. The first-order valence-electron chi connectivity index (χ1n) is 11.7. The van der Waals surface area contributed by atoms with E-state index in [0.29, 0.717) is 29.9 Å². The zero-order valence-corrected chi connectivity index (χ0v) is 20.1. The fraction of sp³-hybridized carbons (Fsp3) is 0.241. The number of Topliss-reactive ketones (excluding diaryl/α,β-unsaturated/α-hetero) is 1. The first-order valence-corrected chi connectivity index (χ1v) is 12.1. The molecule has 2 atom stereocenters. The molecule has 4 nitrogen and oxygen atoms in total. The number of hydrogen-bond acceptors (Lipinski definition) is 3. The Balaban J connectivity index is 1.69. The highest BCUT2D eigenvalue weighted by Crippen LogP contribution is 2.47. The highest BCUT2D eigenvalue weighted by Gasteiger charge is 2.41. The van der Waals surface area contributed by atoms with Gasteiger partial charge >= 0.3 is 0 Å². The number of carbonyl (C=O) groups excluding carboxylic acids is 2. The number of halogens is 1. The van der Waals surface area contributed by atoms with Gasteiger partial charge in [0.25, 0.3) is 0 Å². The molecule has 1 N–H and O–H groups in total.